The summed E-state index contributed by atoms with van der Waals surface area (Å²) in [5.41, 5.74) is 3.82. The second kappa shape index (κ2) is 7.43. The van der Waals surface area contributed by atoms with Crippen LogP contribution in [0.1, 0.15) is 31.2 Å². The Kier molecular flexibility index (Phi) is 4.84. The lowest BCUT2D eigenvalue weighted by molar-refractivity contribution is -0.121. The number of piperidine rings is 1. The Balaban J connectivity index is 1.44. The van der Waals surface area contributed by atoms with Gasteiger partial charge in [0.15, 0.2) is 0 Å². The van der Waals surface area contributed by atoms with Gasteiger partial charge in [-0.15, -0.1) is 0 Å². The lowest BCUT2D eigenvalue weighted by Crippen LogP contribution is -2.34. The van der Waals surface area contributed by atoms with Crippen LogP contribution in [-0.4, -0.2) is 30.9 Å². The quantitative estimate of drug-likeness (QED) is 0.841. The van der Waals surface area contributed by atoms with Gasteiger partial charge in [0.25, 0.3) is 5.91 Å². The number of amides is 2. The molecule has 0 bridgehead atoms. The summed E-state index contributed by atoms with van der Waals surface area (Å²) in [4.78, 5) is 28.8. The number of imide groups is 1. The Bertz CT molecular complexity index is 824. The van der Waals surface area contributed by atoms with Gasteiger partial charge < -0.3 is 10.2 Å². The molecule has 5 heteroatoms. The van der Waals surface area contributed by atoms with Crippen molar-refractivity contribution in [3.05, 3.63) is 54.1 Å². The number of nitrogens with one attached hydrogen (secondary N) is 1. The smallest absolute Gasteiger partial charge is 0.256 e. The molecule has 0 radical (unpaired) electrons. The number of benzene rings is 2. The molecule has 5 nitrogen and oxygen atoms in total. The zero-order chi connectivity index (χ0) is 18.8. The number of rotatable bonds is 4. The number of hydrogen-bond donors (Lipinski definition) is 1. The summed E-state index contributed by atoms with van der Waals surface area (Å²) in [6.45, 7) is 4.19. The van der Waals surface area contributed by atoms with E-state index >= 15 is 0 Å². The number of nitrogens with zero attached hydrogens (tertiary/aromatic N) is 2. The highest BCUT2D eigenvalue weighted by atomic mass is 16.2. The van der Waals surface area contributed by atoms with Crippen molar-refractivity contribution in [3.8, 4) is 0 Å². The van der Waals surface area contributed by atoms with Gasteiger partial charge in [0.1, 0.15) is 6.04 Å². The molecule has 2 aliphatic heterocycles. The first-order valence-corrected chi connectivity index (χ1v) is 9.67. The Hall–Kier alpha value is -2.82. The van der Waals surface area contributed by atoms with E-state index < -0.39 is 6.04 Å². The van der Waals surface area contributed by atoms with Gasteiger partial charge in [-0.1, -0.05) is 17.7 Å². The van der Waals surface area contributed by atoms with Gasteiger partial charge >= 0.3 is 0 Å². The summed E-state index contributed by atoms with van der Waals surface area (Å²) in [5, 5.41) is 3.23. The first kappa shape index (κ1) is 17.6. The second-order valence-electron chi connectivity index (χ2n) is 7.40. The van der Waals surface area contributed by atoms with Crippen LogP contribution in [0.2, 0.25) is 0 Å². The summed E-state index contributed by atoms with van der Waals surface area (Å²) in [7, 11) is 0. The number of anilines is 3. The Morgan fingerprint density at radius 1 is 0.852 bits per heavy atom. The molecule has 140 valence electrons. The van der Waals surface area contributed by atoms with Crippen molar-refractivity contribution >= 4 is 28.9 Å². The van der Waals surface area contributed by atoms with E-state index in [1.54, 1.807) is 0 Å². The van der Waals surface area contributed by atoms with Crippen molar-refractivity contribution in [2.24, 2.45) is 0 Å². The Morgan fingerprint density at radius 3 is 2.15 bits per heavy atom. The molecule has 1 N–H and O–H groups in total. The van der Waals surface area contributed by atoms with E-state index in [-0.39, 0.29) is 18.2 Å². The Morgan fingerprint density at radius 2 is 1.48 bits per heavy atom. The van der Waals surface area contributed by atoms with Gasteiger partial charge in [0.2, 0.25) is 5.91 Å². The zero-order valence-corrected chi connectivity index (χ0v) is 15.6. The van der Waals surface area contributed by atoms with Gasteiger partial charge in [0.05, 0.1) is 12.1 Å². The maximum atomic E-state index is 12.8. The molecule has 1 atom stereocenters. The van der Waals surface area contributed by atoms with Gasteiger partial charge in [-0.3, -0.25) is 9.59 Å². The Labute approximate surface area is 160 Å². The third-order valence-electron chi connectivity index (χ3n) is 5.37. The van der Waals surface area contributed by atoms with E-state index in [2.05, 4.69) is 22.3 Å². The number of carbonyl (C=O) groups is 2. The SMILES string of the molecule is Cc1ccc(N2C(=O)C[C@H](Nc3ccc(N4CCCCC4)cc3)C2=O)cc1. The van der Waals surface area contributed by atoms with E-state index in [4.69, 9.17) is 0 Å². The minimum Gasteiger partial charge on any atom is -0.373 e. The molecule has 0 aliphatic carbocycles. The normalized spacial score (nSPS) is 20.3. The van der Waals surface area contributed by atoms with Gasteiger partial charge in [0, 0.05) is 24.5 Å². The minimum atomic E-state index is -0.514. The first-order chi connectivity index (χ1) is 13.1. The molecule has 2 fully saturated rings. The fourth-order valence-electron chi connectivity index (χ4n) is 3.83. The molecule has 2 aliphatic rings. The molecule has 0 aromatic heterocycles. The highest BCUT2D eigenvalue weighted by Gasteiger charge is 2.39. The zero-order valence-electron chi connectivity index (χ0n) is 15.6. The van der Waals surface area contributed by atoms with Gasteiger partial charge in [-0.05, 0) is 62.6 Å². The van der Waals surface area contributed by atoms with Gasteiger partial charge in [-0.2, -0.15) is 0 Å². The number of carbonyl (C=O) groups excluding carboxylic acids is 2. The van der Waals surface area contributed by atoms with Crippen molar-refractivity contribution < 1.29 is 9.59 Å². The molecule has 0 saturated carbocycles. The summed E-state index contributed by atoms with van der Waals surface area (Å²) in [6.07, 6.45) is 3.98. The van der Waals surface area contributed by atoms with Crippen LogP contribution in [-0.2, 0) is 9.59 Å². The predicted molar refractivity (Wildman–Crippen MR) is 108 cm³/mol. The fraction of sp³-hybridized carbons (Fsp3) is 0.364. The molecule has 2 aromatic rings. The molecule has 2 aromatic carbocycles. The van der Waals surface area contributed by atoms with Crippen LogP contribution in [0.25, 0.3) is 0 Å². The third-order valence-corrected chi connectivity index (χ3v) is 5.37. The van der Waals surface area contributed by atoms with E-state index in [9.17, 15) is 9.59 Å². The van der Waals surface area contributed by atoms with Crippen LogP contribution < -0.4 is 15.1 Å². The molecular formula is C22H25N3O2. The van der Waals surface area contributed by atoms with Crippen molar-refractivity contribution in [1.82, 2.24) is 0 Å². The van der Waals surface area contributed by atoms with Crippen molar-refractivity contribution in [2.45, 2.75) is 38.6 Å². The topological polar surface area (TPSA) is 52.7 Å². The largest absolute Gasteiger partial charge is 0.373 e. The highest BCUT2D eigenvalue weighted by molar-refractivity contribution is 6.23. The van der Waals surface area contributed by atoms with Crippen LogP contribution >= 0.6 is 0 Å². The van der Waals surface area contributed by atoms with Gasteiger partial charge in [-0.25, -0.2) is 4.90 Å². The first-order valence-electron chi connectivity index (χ1n) is 9.67. The summed E-state index contributed by atoms with van der Waals surface area (Å²) >= 11 is 0. The average Bonchev–Trinajstić information content (AvgIpc) is 2.97. The molecule has 0 unspecified atom stereocenters. The molecular weight excluding hydrogens is 338 g/mol. The van der Waals surface area contributed by atoms with Crippen LogP contribution in [0.4, 0.5) is 17.1 Å². The van der Waals surface area contributed by atoms with Crippen LogP contribution in [0.5, 0.6) is 0 Å². The summed E-state index contributed by atoms with van der Waals surface area (Å²) in [6, 6.07) is 15.1. The van der Waals surface area contributed by atoms with E-state index in [1.165, 1.54) is 29.8 Å². The van der Waals surface area contributed by atoms with Crippen molar-refractivity contribution in [3.63, 3.8) is 0 Å². The average molecular weight is 363 g/mol. The van der Waals surface area contributed by atoms with E-state index in [0.29, 0.717) is 5.69 Å². The molecule has 27 heavy (non-hydrogen) atoms. The fourth-order valence-corrected chi connectivity index (χ4v) is 3.83. The van der Waals surface area contributed by atoms with Crippen molar-refractivity contribution in [2.75, 3.05) is 28.2 Å². The van der Waals surface area contributed by atoms with Crippen LogP contribution in [0.3, 0.4) is 0 Å². The van der Waals surface area contributed by atoms with Crippen LogP contribution in [0.15, 0.2) is 48.5 Å². The maximum absolute atomic E-state index is 12.8. The monoisotopic (exact) mass is 363 g/mol. The van der Waals surface area contributed by atoms with Crippen molar-refractivity contribution in [1.29, 1.82) is 0 Å². The van der Waals surface area contributed by atoms with E-state index in [1.807, 2.05) is 43.3 Å². The lowest BCUT2D eigenvalue weighted by atomic mass is 10.1. The lowest BCUT2D eigenvalue weighted by Gasteiger charge is -2.29. The minimum absolute atomic E-state index is 0.161. The number of hydrogen-bond acceptors (Lipinski definition) is 4. The summed E-state index contributed by atoms with van der Waals surface area (Å²) < 4.78 is 0. The van der Waals surface area contributed by atoms with E-state index in [0.717, 1.165) is 24.3 Å². The molecule has 2 saturated heterocycles. The third kappa shape index (κ3) is 3.68. The standard InChI is InChI=1S/C22H25N3O2/c1-16-5-9-19(10-6-16)25-21(26)15-20(22(25)27)23-17-7-11-18(12-8-17)24-13-3-2-4-14-24/h5-12,20,23H,2-4,13-15H2,1H3/t20-/m0/s1. The molecule has 4 rings (SSSR count). The predicted octanol–water partition coefficient (Wildman–Crippen LogP) is 3.73. The molecule has 0 spiro atoms. The summed E-state index contributed by atoms with van der Waals surface area (Å²) in [5.74, 6) is -0.352. The number of aryl methyl sites for hydroxylation is 1. The molecule has 2 heterocycles. The second-order valence-corrected chi connectivity index (χ2v) is 7.40. The van der Waals surface area contributed by atoms with Crippen LogP contribution in [0, 0.1) is 6.92 Å². The highest BCUT2D eigenvalue weighted by Crippen LogP contribution is 2.27. The maximum Gasteiger partial charge on any atom is 0.256 e. The molecule has 2 amide bonds.